The van der Waals surface area contributed by atoms with Crippen molar-refractivity contribution in [2.45, 2.75) is 40.0 Å². The van der Waals surface area contributed by atoms with E-state index in [-0.39, 0.29) is 36.3 Å². The van der Waals surface area contributed by atoms with Crippen molar-refractivity contribution in [2.24, 2.45) is 0 Å². The van der Waals surface area contributed by atoms with Crippen molar-refractivity contribution in [3.63, 3.8) is 0 Å². The van der Waals surface area contributed by atoms with Crippen LogP contribution in [0.1, 0.15) is 68.4 Å². The number of aryl methyl sites for hydroxylation is 2. The lowest BCUT2D eigenvalue weighted by atomic mass is 10.0. The summed E-state index contributed by atoms with van der Waals surface area (Å²) in [5, 5.41) is 9.03. The van der Waals surface area contributed by atoms with Gasteiger partial charge in [0.25, 0.3) is 17.7 Å². The number of nitriles is 1. The van der Waals surface area contributed by atoms with E-state index in [0.29, 0.717) is 23.4 Å². The molecule has 2 aromatic carbocycles. The minimum atomic E-state index is -0.354. The van der Waals surface area contributed by atoms with E-state index < -0.39 is 0 Å². The summed E-state index contributed by atoms with van der Waals surface area (Å²) in [6.45, 7) is 6.58. The Hall–Kier alpha value is -3.46. The first-order valence-corrected chi connectivity index (χ1v) is 10.1. The smallest absolute Gasteiger partial charge is 0.261 e. The zero-order chi connectivity index (χ0) is 21.8. The number of hydrogen-bond donors (Lipinski definition) is 0. The molecule has 1 aliphatic rings. The second kappa shape index (κ2) is 8.91. The van der Waals surface area contributed by atoms with Gasteiger partial charge >= 0.3 is 0 Å². The molecule has 0 saturated heterocycles. The molecule has 1 heterocycles. The highest BCUT2D eigenvalue weighted by Gasteiger charge is 2.35. The number of anilines is 1. The Bertz CT molecular complexity index is 1050. The molecule has 154 valence electrons. The second-order valence-corrected chi connectivity index (χ2v) is 7.51. The topological polar surface area (TPSA) is 81.5 Å². The van der Waals surface area contributed by atoms with Gasteiger partial charge in [-0.2, -0.15) is 5.26 Å². The number of unbranched alkanes of at least 4 members (excludes halogenated alkanes) is 1. The van der Waals surface area contributed by atoms with Crippen molar-refractivity contribution in [3.05, 3.63) is 64.2 Å². The Morgan fingerprint density at radius 2 is 1.77 bits per heavy atom. The number of fused-ring (bicyclic) bond motifs is 1. The van der Waals surface area contributed by atoms with Crippen molar-refractivity contribution in [3.8, 4) is 6.07 Å². The van der Waals surface area contributed by atoms with Crippen LogP contribution in [0, 0.1) is 25.2 Å². The minimum Gasteiger partial charge on any atom is -0.307 e. The maximum absolute atomic E-state index is 13.3. The minimum absolute atomic E-state index is 0.186. The predicted molar refractivity (Wildman–Crippen MR) is 115 cm³/mol. The summed E-state index contributed by atoms with van der Waals surface area (Å²) in [7, 11) is 0. The van der Waals surface area contributed by atoms with Gasteiger partial charge < -0.3 is 4.90 Å². The third-order valence-electron chi connectivity index (χ3n) is 5.45. The Kier molecular flexibility index (Phi) is 6.31. The first-order valence-electron chi connectivity index (χ1n) is 10.1. The zero-order valence-corrected chi connectivity index (χ0v) is 17.6. The summed E-state index contributed by atoms with van der Waals surface area (Å²) in [4.78, 5) is 41.3. The lowest BCUT2D eigenvalue weighted by Crippen LogP contribution is -2.32. The van der Waals surface area contributed by atoms with Gasteiger partial charge in [-0.3, -0.25) is 19.3 Å². The van der Waals surface area contributed by atoms with E-state index in [4.69, 9.17) is 5.26 Å². The highest BCUT2D eigenvalue weighted by Crippen LogP contribution is 2.27. The summed E-state index contributed by atoms with van der Waals surface area (Å²) in [5.74, 6) is -0.964. The SMILES string of the molecule is CCCCN1C(=O)c2ccc(C(=O)N(CCC#N)c3ccc(C)c(C)c3)cc2C1=O. The Morgan fingerprint density at radius 3 is 2.43 bits per heavy atom. The van der Waals surface area contributed by atoms with Gasteiger partial charge in [0.1, 0.15) is 0 Å². The van der Waals surface area contributed by atoms with E-state index in [9.17, 15) is 14.4 Å². The van der Waals surface area contributed by atoms with Crippen molar-refractivity contribution >= 4 is 23.4 Å². The number of nitrogens with zero attached hydrogens (tertiary/aromatic N) is 3. The van der Waals surface area contributed by atoms with Crippen LogP contribution in [0.25, 0.3) is 0 Å². The number of amides is 3. The lowest BCUT2D eigenvalue weighted by Gasteiger charge is -2.23. The van der Waals surface area contributed by atoms with Crippen molar-refractivity contribution in [1.82, 2.24) is 4.90 Å². The Labute approximate surface area is 176 Å². The van der Waals surface area contributed by atoms with E-state index in [1.165, 1.54) is 11.0 Å². The van der Waals surface area contributed by atoms with E-state index in [0.717, 1.165) is 24.0 Å². The molecule has 6 heteroatoms. The lowest BCUT2D eigenvalue weighted by molar-refractivity contribution is 0.0652. The first kappa shape index (κ1) is 21.3. The van der Waals surface area contributed by atoms with Crippen LogP contribution in [0.4, 0.5) is 5.69 Å². The van der Waals surface area contributed by atoms with Gasteiger partial charge in [0.15, 0.2) is 0 Å². The molecular weight excluding hydrogens is 378 g/mol. The third-order valence-corrected chi connectivity index (χ3v) is 5.45. The highest BCUT2D eigenvalue weighted by atomic mass is 16.2. The largest absolute Gasteiger partial charge is 0.307 e. The number of hydrogen-bond acceptors (Lipinski definition) is 4. The van der Waals surface area contributed by atoms with Crippen LogP contribution in [0.15, 0.2) is 36.4 Å². The van der Waals surface area contributed by atoms with Crippen molar-refractivity contribution in [1.29, 1.82) is 5.26 Å². The standard InChI is InChI=1S/C24H25N3O3/c1-4-5-12-27-23(29)20-10-8-18(15-21(20)24(27)30)22(28)26(13-6-11-25)19-9-7-16(2)17(3)14-19/h7-10,14-15H,4-6,12-13H2,1-3H3. The van der Waals surface area contributed by atoms with Crippen LogP contribution in [-0.2, 0) is 0 Å². The molecular formula is C24H25N3O3. The molecule has 0 unspecified atom stereocenters. The van der Waals surface area contributed by atoms with Crippen LogP contribution in [0.3, 0.4) is 0 Å². The average molecular weight is 403 g/mol. The summed E-state index contributed by atoms with van der Waals surface area (Å²) in [5.41, 5.74) is 3.78. The zero-order valence-electron chi connectivity index (χ0n) is 17.6. The second-order valence-electron chi connectivity index (χ2n) is 7.51. The van der Waals surface area contributed by atoms with Crippen LogP contribution in [-0.4, -0.2) is 35.7 Å². The maximum Gasteiger partial charge on any atom is 0.261 e. The van der Waals surface area contributed by atoms with Gasteiger partial charge in [-0.1, -0.05) is 19.4 Å². The summed E-state index contributed by atoms with van der Waals surface area (Å²) in [6.07, 6.45) is 1.80. The van der Waals surface area contributed by atoms with Crippen LogP contribution < -0.4 is 4.90 Å². The van der Waals surface area contributed by atoms with E-state index in [1.807, 2.05) is 39.0 Å². The van der Waals surface area contributed by atoms with Gasteiger partial charge in [-0.05, 0) is 61.7 Å². The quantitative estimate of drug-likeness (QED) is 0.647. The fraction of sp³-hybridized carbons (Fsp3) is 0.333. The van der Waals surface area contributed by atoms with Crippen LogP contribution >= 0.6 is 0 Å². The van der Waals surface area contributed by atoms with Crippen molar-refractivity contribution < 1.29 is 14.4 Å². The molecule has 0 fully saturated rings. The number of imide groups is 1. The van der Waals surface area contributed by atoms with E-state index >= 15 is 0 Å². The Morgan fingerprint density at radius 1 is 1.03 bits per heavy atom. The monoisotopic (exact) mass is 403 g/mol. The van der Waals surface area contributed by atoms with Gasteiger partial charge in [0.05, 0.1) is 23.6 Å². The Balaban J connectivity index is 1.94. The number of carbonyl (C=O) groups excluding carboxylic acids is 3. The molecule has 3 amide bonds. The third kappa shape index (κ3) is 3.97. The molecule has 6 nitrogen and oxygen atoms in total. The first-order chi connectivity index (χ1) is 14.4. The maximum atomic E-state index is 13.3. The van der Waals surface area contributed by atoms with E-state index in [2.05, 4.69) is 6.07 Å². The highest BCUT2D eigenvalue weighted by molar-refractivity contribution is 6.22. The van der Waals surface area contributed by atoms with Gasteiger partial charge in [-0.15, -0.1) is 0 Å². The number of benzene rings is 2. The molecule has 3 rings (SSSR count). The molecule has 0 saturated carbocycles. The molecule has 0 spiro atoms. The average Bonchev–Trinajstić information content (AvgIpc) is 2.98. The summed E-state index contributed by atoms with van der Waals surface area (Å²) < 4.78 is 0. The fourth-order valence-electron chi connectivity index (χ4n) is 3.50. The molecule has 0 aliphatic carbocycles. The van der Waals surface area contributed by atoms with Gasteiger partial charge in [-0.25, -0.2) is 0 Å². The molecule has 0 aromatic heterocycles. The molecule has 2 aromatic rings. The molecule has 0 atom stereocenters. The summed E-state index contributed by atoms with van der Waals surface area (Å²) in [6, 6.07) is 12.4. The molecule has 0 radical (unpaired) electrons. The van der Waals surface area contributed by atoms with Gasteiger partial charge in [0, 0.05) is 24.3 Å². The predicted octanol–water partition coefficient (Wildman–Crippen LogP) is 4.26. The van der Waals surface area contributed by atoms with Crippen LogP contribution in [0.5, 0.6) is 0 Å². The molecule has 30 heavy (non-hydrogen) atoms. The molecule has 0 N–H and O–H groups in total. The fourth-order valence-corrected chi connectivity index (χ4v) is 3.50. The number of rotatable bonds is 7. The van der Waals surface area contributed by atoms with Crippen molar-refractivity contribution in [2.75, 3.05) is 18.0 Å². The molecule has 1 aliphatic heterocycles. The molecule has 0 bridgehead atoms. The normalized spacial score (nSPS) is 12.7. The van der Waals surface area contributed by atoms with Gasteiger partial charge in [0.2, 0.25) is 0 Å². The summed E-state index contributed by atoms with van der Waals surface area (Å²) >= 11 is 0. The number of carbonyl (C=O) groups is 3. The van der Waals surface area contributed by atoms with Crippen LogP contribution in [0.2, 0.25) is 0 Å². The van der Waals surface area contributed by atoms with E-state index in [1.54, 1.807) is 17.0 Å².